The van der Waals surface area contributed by atoms with Crippen LogP contribution in [-0.2, 0) is 4.79 Å². The first kappa shape index (κ1) is 15.8. The third-order valence-corrected chi connectivity index (χ3v) is 4.19. The van der Waals surface area contributed by atoms with Crippen molar-refractivity contribution in [2.45, 2.75) is 51.5 Å². The lowest BCUT2D eigenvalue weighted by atomic mass is 9.98. The molecule has 0 saturated carbocycles. The van der Waals surface area contributed by atoms with Gasteiger partial charge in [-0.05, 0) is 50.1 Å². The molecule has 0 aromatic heterocycles. The van der Waals surface area contributed by atoms with Crippen molar-refractivity contribution in [3.05, 3.63) is 24.3 Å². The largest absolute Gasteiger partial charge is 0.399 e. The number of amides is 1. The molecular formula is C17H27N3O. The molecule has 1 atom stereocenters. The van der Waals surface area contributed by atoms with Gasteiger partial charge >= 0.3 is 0 Å². The summed E-state index contributed by atoms with van der Waals surface area (Å²) >= 11 is 0. The number of benzene rings is 1. The highest BCUT2D eigenvalue weighted by Gasteiger charge is 2.21. The summed E-state index contributed by atoms with van der Waals surface area (Å²) in [4.78, 5) is 14.5. The summed E-state index contributed by atoms with van der Waals surface area (Å²) in [6.45, 7) is 4.24. The van der Waals surface area contributed by atoms with E-state index in [1.807, 2.05) is 12.1 Å². The molecule has 2 rings (SSSR count). The van der Waals surface area contributed by atoms with Gasteiger partial charge in [0, 0.05) is 30.4 Å². The summed E-state index contributed by atoms with van der Waals surface area (Å²) in [5.41, 5.74) is 7.17. The molecule has 0 bridgehead atoms. The Balaban J connectivity index is 1.78. The predicted molar refractivity (Wildman–Crippen MR) is 88.2 cm³/mol. The molecule has 3 N–H and O–H groups in total. The maximum absolute atomic E-state index is 12.0. The van der Waals surface area contributed by atoms with Crippen LogP contribution >= 0.6 is 0 Å². The van der Waals surface area contributed by atoms with Crippen molar-refractivity contribution in [2.24, 2.45) is 0 Å². The van der Waals surface area contributed by atoms with Crippen LogP contribution in [-0.4, -0.2) is 29.9 Å². The lowest BCUT2D eigenvalue weighted by molar-refractivity contribution is -0.116. The molecule has 1 aromatic rings. The zero-order valence-electron chi connectivity index (χ0n) is 13.0. The van der Waals surface area contributed by atoms with Gasteiger partial charge in [0.25, 0.3) is 0 Å². The fourth-order valence-electron chi connectivity index (χ4n) is 3.05. The Labute approximate surface area is 127 Å². The first-order chi connectivity index (χ1) is 10.2. The number of nitrogens with zero attached hydrogens (tertiary/aromatic N) is 1. The number of carbonyl (C=O) groups is 1. The number of carbonyl (C=O) groups excluding carboxylic acids is 1. The SMILES string of the molecule is CCCC1CCCCN1CCC(=O)Nc1ccc(N)cc1. The third-order valence-electron chi connectivity index (χ3n) is 4.19. The van der Waals surface area contributed by atoms with E-state index in [1.165, 1.54) is 32.1 Å². The maximum Gasteiger partial charge on any atom is 0.225 e. The van der Waals surface area contributed by atoms with E-state index in [0.29, 0.717) is 18.2 Å². The van der Waals surface area contributed by atoms with Crippen LogP contribution in [0.5, 0.6) is 0 Å². The Bertz CT molecular complexity index is 442. The van der Waals surface area contributed by atoms with Crippen molar-refractivity contribution < 1.29 is 4.79 Å². The summed E-state index contributed by atoms with van der Waals surface area (Å²) in [5, 5.41) is 2.93. The lowest BCUT2D eigenvalue weighted by Gasteiger charge is -2.35. The number of likely N-dealkylation sites (tertiary alicyclic amines) is 1. The lowest BCUT2D eigenvalue weighted by Crippen LogP contribution is -2.40. The Kier molecular flexibility index (Phi) is 6.05. The molecule has 4 heteroatoms. The molecule has 0 spiro atoms. The highest BCUT2D eigenvalue weighted by atomic mass is 16.1. The van der Waals surface area contributed by atoms with Crippen molar-refractivity contribution >= 4 is 17.3 Å². The molecule has 1 amide bonds. The smallest absolute Gasteiger partial charge is 0.225 e. The number of hydrogen-bond donors (Lipinski definition) is 2. The standard InChI is InChI=1S/C17H27N3O/c1-2-5-16-6-3-4-12-20(16)13-11-17(21)19-15-9-7-14(18)8-10-15/h7-10,16H,2-6,11-13,18H2,1H3,(H,19,21). The molecule has 1 saturated heterocycles. The highest BCUT2D eigenvalue weighted by molar-refractivity contribution is 5.90. The van der Waals surface area contributed by atoms with Gasteiger partial charge in [-0.3, -0.25) is 9.69 Å². The van der Waals surface area contributed by atoms with E-state index in [4.69, 9.17) is 5.73 Å². The molecule has 4 nitrogen and oxygen atoms in total. The Hall–Kier alpha value is -1.55. The number of nitrogens with one attached hydrogen (secondary N) is 1. The minimum absolute atomic E-state index is 0.0839. The molecular weight excluding hydrogens is 262 g/mol. The van der Waals surface area contributed by atoms with Gasteiger partial charge in [-0.1, -0.05) is 19.8 Å². The van der Waals surface area contributed by atoms with Gasteiger partial charge in [0.15, 0.2) is 0 Å². The molecule has 1 unspecified atom stereocenters. The number of anilines is 2. The summed E-state index contributed by atoms with van der Waals surface area (Å²) in [5.74, 6) is 0.0839. The van der Waals surface area contributed by atoms with Crippen LogP contribution in [0, 0.1) is 0 Å². The first-order valence-corrected chi connectivity index (χ1v) is 8.08. The highest BCUT2D eigenvalue weighted by Crippen LogP contribution is 2.21. The summed E-state index contributed by atoms with van der Waals surface area (Å²) in [7, 11) is 0. The van der Waals surface area contributed by atoms with Gasteiger partial charge in [-0.2, -0.15) is 0 Å². The zero-order chi connectivity index (χ0) is 15.1. The van der Waals surface area contributed by atoms with E-state index < -0.39 is 0 Å². The van der Waals surface area contributed by atoms with E-state index >= 15 is 0 Å². The van der Waals surface area contributed by atoms with Crippen molar-refractivity contribution in [3.8, 4) is 0 Å². The minimum atomic E-state index is 0.0839. The second-order valence-electron chi connectivity index (χ2n) is 5.89. The van der Waals surface area contributed by atoms with Gasteiger partial charge in [0.1, 0.15) is 0 Å². The van der Waals surface area contributed by atoms with E-state index in [0.717, 1.165) is 18.8 Å². The number of nitrogen functional groups attached to an aromatic ring is 1. The quantitative estimate of drug-likeness (QED) is 0.790. The third kappa shape index (κ3) is 5.05. The van der Waals surface area contributed by atoms with Crippen LogP contribution in [0.3, 0.4) is 0 Å². The molecule has 116 valence electrons. The summed E-state index contributed by atoms with van der Waals surface area (Å²) in [6, 6.07) is 7.96. The average Bonchev–Trinajstić information content (AvgIpc) is 2.49. The molecule has 0 radical (unpaired) electrons. The molecule has 1 aliphatic rings. The second kappa shape index (κ2) is 8.03. The minimum Gasteiger partial charge on any atom is -0.399 e. The van der Waals surface area contributed by atoms with Crippen molar-refractivity contribution in [1.82, 2.24) is 4.90 Å². The Morgan fingerprint density at radius 3 is 2.81 bits per heavy atom. The number of hydrogen-bond acceptors (Lipinski definition) is 3. The summed E-state index contributed by atoms with van der Waals surface area (Å²) < 4.78 is 0. The van der Waals surface area contributed by atoms with Crippen molar-refractivity contribution in [3.63, 3.8) is 0 Å². The van der Waals surface area contributed by atoms with Crippen LogP contribution in [0.25, 0.3) is 0 Å². The normalized spacial score (nSPS) is 19.4. The van der Waals surface area contributed by atoms with Gasteiger partial charge < -0.3 is 11.1 Å². The molecule has 1 aliphatic heterocycles. The average molecular weight is 289 g/mol. The second-order valence-corrected chi connectivity index (χ2v) is 5.89. The van der Waals surface area contributed by atoms with Crippen LogP contribution in [0.4, 0.5) is 11.4 Å². The van der Waals surface area contributed by atoms with Crippen LogP contribution < -0.4 is 11.1 Å². The molecule has 1 aromatic carbocycles. The topological polar surface area (TPSA) is 58.4 Å². The van der Waals surface area contributed by atoms with E-state index in [-0.39, 0.29) is 5.91 Å². The fraction of sp³-hybridized carbons (Fsp3) is 0.588. The van der Waals surface area contributed by atoms with Gasteiger partial charge in [0.05, 0.1) is 0 Å². The Morgan fingerprint density at radius 2 is 2.10 bits per heavy atom. The van der Waals surface area contributed by atoms with Gasteiger partial charge in [0.2, 0.25) is 5.91 Å². The summed E-state index contributed by atoms with van der Waals surface area (Å²) in [6.07, 6.45) is 6.91. The van der Waals surface area contributed by atoms with Gasteiger partial charge in [-0.25, -0.2) is 0 Å². The van der Waals surface area contributed by atoms with Crippen LogP contribution in [0.15, 0.2) is 24.3 Å². The van der Waals surface area contributed by atoms with Crippen molar-refractivity contribution in [1.29, 1.82) is 0 Å². The van der Waals surface area contributed by atoms with Gasteiger partial charge in [-0.15, -0.1) is 0 Å². The van der Waals surface area contributed by atoms with E-state index in [2.05, 4.69) is 17.1 Å². The maximum atomic E-state index is 12.0. The molecule has 1 fully saturated rings. The zero-order valence-corrected chi connectivity index (χ0v) is 13.0. The number of rotatable bonds is 6. The monoisotopic (exact) mass is 289 g/mol. The van der Waals surface area contributed by atoms with Crippen LogP contribution in [0.2, 0.25) is 0 Å². The van der Waals surface area contributed by atoms with Crippen molar-refractivity contribution in [2.75, 3.05) is 24.1 Å². The Morgan fingerprint density at radius 1 is 1.33 bits per heavy atom. The molecule has 21 heavy (non-hydrogen) atoms. The van der Waals surface area contributed by atoms with E-state index in [1.54, 1.807) is 12.1 Å². The van der Waals surface area contributed by atoms with E-state index in [9.17, 15) is 4.79 Å². The molecule has 0 aliphatic carbocycles. The van der Waals surface area contributed by atoms with Crippen LogP contribution in [0.1, 0.15) is 45.4 Å². The first-order valence-electron chi connectivity index (χ1n) is 8.08. The predicted octanol–water partition coefficient (Wildman–Crippen LogP) is 3.25. The fourth-order valence-corrected chi connectivity index (χ4v) is 3.05. The number of piperidine rings is 1. The molecule has 1 heterocycles. The number of nitrogens with two attached hydrogens (primary N) is 1.